The van der Waals surface area contributed by atoms with Gasteiger partial charge in [0.15, 0.2) is 0 Å². The highest BCUT2D eigenvalue weighted by molar-refractivity contribution is 7.45. The molecule has 102 valence electrons. The van der Waals surface area contributed by atoms with E-state index in [-0.39, 0.29) is 5.54 Å². The van der Waals surface area contributed by atoms with Crippen molar-refractivity contribution >= 4 is 37.2 Å². The zero-order valence-electron chi connectivity index (χ0n) is 11.8. The Hall–Kier alpha value is 0.0338. The Morgan fingerprint density at radius 3 is 1.89 bits per heavy atom. The first-order valence-corrected chi connectivity index (χ1v) is 14.3. The molecule has 5 heteroatoms. The van der Waals surface area contributed by atoms with Crippen LogP contribution in [0.1, 0.15) is 24.4 Å². The largest absolute Gasteiger partial charge is 0.544 e. The summed E-state index contributed by atoms with van der Waals surface area (Å²) in [7, 11) is -1.53. The van der Waals surface area contributed by atoms with Crippen LogP contribution in [-0.4, -0.2) is 15.0 Å². The summed E-state index contributed by atoms with van der Waals surface area (Å²) in [5.74, 6) is 0.945. The first-order chi connectivity index (χ1) is 8.13. The van der Waals surface area contributed by atoms with Gasteiger partial charge in [-0.15, -0.1) is 22.2 Å². The zero-order valence-corrected chi connectivity index (χ0v) is 15.3. The van der Waals surface area contributed by atoms with Crippen molar-refractivity contribution < 1.29 is 4.43 Å². The third kappa shape index (κ3) is 4.96. The second-order valence-electron chi connectivity index (χ2n) is 5.70. The van der Waals surface area contributed by atoms with Crippen LogP contribution in [-0.2, 0) is 0 Å². The van der Waals surface area contributed by atoms with E-state index in [0.29, 0.717) is 0 Å². The summed E-state index contributed by atoms with van der Waals surface area (Å²) >= 11 is 12.7. The van der Waals surface area contributed by atoms with Gasteiger partial charge in [-0.25, -0.2) is 0 Å². The molecule has 0 fully saturated rings. The van der Waals surface area contributed by atoms with Crippen LogP contribution in [0.25, 0.3) is 0 Å². The van der Waals surface area contributed by atoms with Gasteiger partial charge < -0.3 is 4.43 Å². The maximum atomic E-state index is 6.36. The Bertz CT molecular complexity index is 379. The minimum atomic E-state index is -2.18. The first kappa shape index (κ1) is 16.1. The molecule has 0 radical (unpaired) electrons. The topological polar surface area (TPSA) is 9.23 Å². The molecular formula is C13H22Cl2OSi2. The standard InChI is InChI=1S/C13H22Cl2OSi2/c1-6-13(18(5,14)15)11-7-9-12(10-8-11)16-17(2,3)4/h7-10,13H,6H2,1-5H3. The fraction of sp³-hybridized carbons (Fsp3) is 0.538. The van der Waals surface area contributed by atoms with E-state index in [4.69, 9.17) is 26.6 Å². The third-order valence-corrected chi connectivity index (χ3v) is 7.12. The van der Waals surface area contributed by atoms with E-state index in [9.17, 15) is 0 Å². The minimum Gasteiger partial charge on any atom is -0.544 e. The molecule has 1 rings (SSSR count). The molecule has 0 aliphatic rings. The quantitative estimate of drug-likeness (QED) is 0.515. The van der Waals surface area contributed by atoms with E-state index < -0.39 is 15.0 Å². The van der Waals surface area contributed by atoms with Crippen molar-refractivity contribution in [3.05, 3.63) is 29.8 Å². The number of rotatable bonds is 5. The third-order valence-electron chi connectivity index (χ3n) is 2.73. The minimum absolute atomic E-state index is 0.279. The Morgan fingerprint density at radius 1 is 1.06 bits per heavy atom. The molecule has 1 unspecified atom stereocenters. The summed E-state index contributed by atoms with van der Waals surface area (Å²) in [4.78, 5) is 0. The Balaban J connectivity index is 2.88. The monoisotopic (exact) mass is 320 g/mol. The summed E-state index contributed by atoms with van der Waals surface area (Å²) in [5.41, 5.74) is 1.50. The molecule has 0 saturated heterocycles. The van der Waals surface area contributed by atoms with E-state index in [0.717, 1.165) is 12.2 Å². The molecule has 1 nitrogen and oxygen atoms in total. The Morgan fingerprint density at radius 2 is 1.56 bits per heavy atom. The van der Waals surface area contributed by atoms with E-state index in [1.165, 1.54) is 5.56 Å². The predicted molar refractivity (Wildman–Crippen MR) is 86.8 cm³/mol. The fourth-order valence-corrected chi connectivity index (χ4v) is 6.03. The van der Waals surface area contributed by atoms with E-state index in [1.807, 2.05) is 18.7 Å². The molecule has 0 amide bonds. The molecule has 0 heterocycles. The molecule has 18 heavy (non-hydrogen) atoms. The summed E-state index contributed by atoms with van der Waals surface area (Å²) in [6, 6.07) is 8.26. The smallest absolute Gasteiger partial charge is 0.255 e. The van der Waals surface area contributed by atoms with Crippen molar-refractivity contribution in [2.75, 3.05) is 0 Å². The lowest BCUT2D eigenvalue weighted by atomic mass is 10.1. The number of hydrogen-bond acceptors (Lipinski definition) is 1. The van der Waals surface area contributed by atoms with Gasteiger partial charge in [-0.05, 0) is 50.3 Å². The average Bonchev–Trinajstić information content (AvgIpc) is 2.17. The fourth-order valence-electron chi connectivity index (χ4n) is 2.01. The highest BCUT2D eigenvalue weighted by atomic mass is 35.7. The van der Waals surface area contributed by atoms with Gasteiger partial charge in [0.2, 0.25) is 8.32 Å². The van der Waals surface area contributed by atoms with Gasteiger partial charge >= 0.3 is 0 Å². The predicted octanol–water partition coefficient (Wildman–Crippen LogP) is 5.48. The van der Waals surface area contributed by atoms with Crippen LogP contribution in [0.5, 0.6) is 5.75 Å². The summed E-state index contributed by atoms with van der Waals surface area (Å²) in [6.07, 6.45) is 0.976. The van der Waals surface area contributed by atoms with Crippen LogP contribution in [0, 0.1) is 0 Å². The first-order valence-electron chi connectivity index (χ1n) is 6.30. The van der Waals surface area contributed by atoms with Crippen LogP contribution in [0.2, 0.25) is 26.2 Å². The van der Waals surface area contributed by atoms with Crippen LogP contribution < -0.4 is 4.43 Å². The van der Waals surface area contributed by atoms with E-state index in [2.05, 4.69) is 38.7 Å². The lowest BCUT2D eigenvalue weighted by Gasteiger charge is -2.24. The summed E-state index contributed by atoms with van der Waals surface area (Å²) in [6.45, 7) is 8.47. The van der Waals surface area contributed by atoms with Crippen LogP contribution in [0.15, 0.2) is 24.3 Å². The van der Waals surface area contributed by atoms with Gasteiger partial charge in [-0.1, -0.05) is 19.1 Å². The Labute approximate surface area is 122 Å². The number of hydrogen-bond donors (Lipinski definition) is 0. The molecule has 0 aliphatic carbocycles. The van der Waals surface area contributed by atoms with Crippen molar-refractivity contribution in [2.24, 2.45) is 0 Å². The molecule has 1 aromatic rings. The molecule has 0 N–H and O–H groups in total. The van der Waals surface area contributed by atoms with E-state index in [1.54, 1.807) is 0 Å². The van der Waals surface area contributed by atoms with Crippen LogP contribution >= 0.6 is 22.2 Å². The van der Waals surface area contributed by atoms with Crippen molar-refractivity contribution in [1.82, 2.24) is 0 Å². The molecule has 0 saturated carbocycles. The van der Waals surface area contributed by atoms with Crippen LogP contribution in [0.4, 0.5) is 0 Å². The molecule has 1 aromatic carbocycles. The highest BCUT2D eigenvalue weighted by Crippen LogP contribution is 2.36. The normalized spacial score (nSPS) is 14.4. The molecule has 0 aliphatic heterocycles. The van der Waals surface area contributed by atoms with Gasteiger partial charge in [0.25, 0.3) is 6.69 Å². The second-order valence-corrected chi connectivity index (χ2v) is 18.0. The van der Waals surface area contributed by atoms with Gasteiger partial charge in [0, 0.05) is 5.54 Å². The van der Waals surface area contributed by atoms with Gasteiger partial charge in [-0.2, -0.15) is 0 Å². The maximum absolute atomic E-state index is 6.36. The second kappa shape index (κ2) is 5.99. The zero-order chi connectivity index (χ0) is 14.0. The molecule has 0 aromatic heterocycles. The van der Waals surface area contributed by atoms with Crippen molar-refractivity contribution in [3.8, 4) is 5.75 Å². The average molecular weight is 321 g/mol. The number of benzene rings is 1. The van der Waals surface area contributed by atoms with Crippen molar-refractivity contribution in [1.29, 1.82) is 0 Å². The van der Waals surface area contributed by atoms with Crippen molar-refractivity contribution in [3.63, 3.8) is 0 Å². The van der Waals surface area contributed by atoms with Gasteiger partial charge in [-0.3, -0.25) is 0 Å². The van der Waals surface area contributed by atoms with Crippen LogP contribution in [0.3, 0.4) is 0 Å². The van der Waals surface area contributed by atoms with E-state index >= 15 is 0 Å². The highest BCUT2D eigenvalue weighted by Gasteiger charge is 2.33. The maximum Gasteiger partial charge on any atom is 0.255 e. The number of halogens is 2. The summed E-state index contributed by atoms with van der Waals surface area (Å²) < 4.78 is 5.94. The lowest BCUT2D eigenvalue weighted by molar-refractivity contribution is 0.557. The SMILES string of the molecule is CCC(c1ccc(O[Si](C)(C)C)cc1)[Si](C)(Cl)Cl. The van der Waals surface area contributed by atoms with Crippen molar-refractivity contribution in [2.45, 2.75) is 45.1 Å². The lowest BCUT2D eigenvalue weighted by Crippen LogP contribution is -2.29. The molecule has 1 atom stereocenters. The molecular weight excluding hydrogens is 299 g/mol. The Kier molecular flexibility index (Phi) is 5.36. The summed E-state index contributed by atoms with van der Waals surface area (Å²) in [5, 5.41) is 0. The van der Waals surface area contributed by atoms with Gasteiger partial charge in [0.05, 0.1) is 0 Å². The van der Waals surface area contributed by atoms with Gasteiger partial charge in [0.1, 0.15) is 5.75 Å². The molecule has 0 spiro atoms. The molecule has 0 bridgehead atoms.